The largest absolute Gasteiger partial charge is 0.470 e. The fraction of sp³-hybridized carbons (Fsp3) is 0.458. The summed E-state index contributed by atoms with van der Waals surface area (Å²) in [5.74, 6) is 0.264. The molecule has 0 saturated carbocycles. The second-order valence-electron chi connectivity index (χ2n) is 8.91. The first kappa shape index (κ1) is 22.6. The first-order valence-corrected chi connectivity index (χ1v) is 11.5. The van der Waals surface area contributed by atoms with Crippen molar-refractivity contribution in [1.29, 1.82) is 0 Å². The van der Waals surface area contributed by atoms with Crippen LogP contribution in [0.2, 0.25) is 0 Å². The first-order valence-electron chi connectivity index (χ1n) is 11.5. The molecule has 0 radical (unpaired) electrons. The van der Waals surface area contributed by atoms with Crippen LogP contribution in [-0.2, 0) is 20.4 Å². The molecule has 0 spiro atoms. The average molecular weight is 491 g/mol. The molecule has 0 unspecified atom stereocenters. The average Bonchev–Trinajstić information content (AvgIpc) is 3.55. The minimum Gasteiger partial charge on any atom is -0.470 e. The van der Waals surface area contributed by atoms with Crippen LogP contribution in [0.1, 0.15) is 5.56 Å². The highest BCUT2D eigenvalue weighted by atomic mass is 19.4. The number of H-pyrrole nitrogens is 1. The molecule has 11 heteroatoms. The molecule has 2 aromatic heterocycles. The summed E-state index contributed by atoms with van der Waals surface area (Å²) in [7, 11) is 0. The second kappa shape index (κ2) is 8.66. The van der Waals surface area contributed by atoms with Crippen LogP contribution in [0.25, 0.3) is 22.3 Å². The zero-order valence-electron chi connectivity index (χ0n) is 18.6. The Morgan fingerprint density at radius 1 is 1.03 bits per heavy atom. The van der Waals surface area contributed by atoms with Crippen molar-refractivity contribution in [2.45, 2.75) is 30.6 Å². The molecular formula is C24H24F3N3O5. The fourth-order valence-corrected chi connectivity index (χ4v) is 4.89. The molecule has 2 N–H and O–H groups in total. The standard InChI is InChI=1S/C24H24F3N3O5/c25-24(26,27)15-9-16-17(10-20(28-16)35-19-12-34-22-18(31)11-33-23(19)22)29-21(15)13-1-3-14(4-2-13)30-5-7-32-8-6-30/h1-4,9-10,18-19,22-23,28,31H,5-8,11-12H2/t18-,19-,22-,23-/m1/s1. The highest BCUT2D eigenvalue weighted by Gasteiger charge is 2.48. The lowest BCUT2D eigenvalue weighted by atomic mass is 10.0. The van der Waals surface area contributed by atoms with Crippen molar-refractivity contribution in [3.8, 4) is 17.1 Å². The Kier molecular flexibility index (Phi) is 5.59. The Labute approximate surface area is 198 Å². The van der Waals surface area contributed by atoms with Gasteiger partial charge in [-0.3, -0.25) is 0 Å². The topological polar surface area (TPSA) is 89.1 Å². The van der Waals surface area contributed by atoms with E-state index >= 15 is 0 Å². The van der Waals surface area contributed by atoms with E-state index in [0.717, 1.165) is 24.8 Å². The van der Waals surface area contributed by atoms with Gasteiger partial charge in [0.1, 0.15) is 18.3 Å². The number of alkyl halides is 3. The molecule has 3 saturated heterocycles. The smallest absolute Gasteiger partial charge is 0.418 e. The third-order valence-electron chi connectivity index (χ3n) is 6.66. The van der Waals surface area contributed by atoms with E-state index in [4.69, 9.17) is 18.9 Å². The van der Waals surface area contributed by atoms with Crippen LogP contribution in [0.3, 0.4) is 0 Å². The summed E-state index contributed by atoms with van der Waals surface area (Å²) in [6.07, 6.45) is -6.70. The predicted octanol–water partition coefficient (Wildman–Crippen LogP) is 2.99. The predicted molar refractivity (Wildman–Crippen MR) is 119 cm³/mol. The second-order valence-corrected chi connectivity index (χ2v) is 8.91. The molecule has 0 amide bonds. The molecule has 4 atom stereocenters. The van der Waals surface area contributed by atoms with Crippen LogP contribution in [0.15, 0.2) is 36.4 Å². The van der Waals surface area contributed by atoms with Gasteiger partial charge in [0.05, 0.1) is 48.7 Å². The number of pyridine rings is 1. The maximum Gasteiger partial charge on any atom is 0.418 e. The van der Waals surface area contributed by atoms with Crippen LogP contribution < -0.4 is 9.64 Å². The Morgan fingerprint density at radius 3 is 2.51 bits per heavy atom. The van der Waals surface area contributed by atoms with Crippen LogP contribution in [0, 0.1) is 0 Å². The Balaban J connectivity index is 1.30. The van der Waals surface area contributed by atoms with E-state index < -0.39 is 36.2 Å². The zero-order valence-corrected chi connectivity index (χ0v) is 18.6. The van der Waals surface area contributed by atoms with Crippen LogP contribution in [-0.4, -0.2) is 79.0 Å². The molecule has 186 valence electrons. The highest BCUT2D eigenvalue weighted by Crippen LogP contribution is 2.39. The van der Waals surface area contributed by atoms with Gasteiger partial charge in [-0.15, -0.1) is 0 Å². The molecule has 0 aliphatic carbocycles. The van der Waals surface area contributed by atoms with Crippen molar-refractivity contribution in [2.24, 2.45) is 0 Å². The van der Waals surface area contributed by atoms with E-state index in [1.165, 1.54) is 0 Å². The molecule has 3 aliphatic rings. The summed E-state index contributed by atoms with van der Waals surface area (Å²) in [6.45, 7) is 3.09. The maximum atomic E-state index is 14.0. The van der Waals surface area contributed by atoms with Crippen molar-refractivity contribution in [3.63, 3.8) is 0 Å². The molecule has 3 aliphatic heterocycles. The Morgan fingerprint density at radius 2 is 1.77 bits per heavy atom. The van der Waals surface area contributed by atoms with Gasteiger partial charge in [0.25, 0.3) is 0 Å². The van der Waals surface area contributed by atoms with Crippen LogP contribution >= 0.6 is 0 Å². The number of aromatic amines is 1. The molecule has 0 bridgehead atoms. The van der Waals surface area contributed by atoms with Crippen molar-refractivity contribution in [3.05, 3.63) is 42.0 Å². The summed E-state index contributed by atoms with van der Waals surface area (Å²) in [6, 6.07) is 9.58. The normalized spacial score (nSPS) is 26.9. The number of nitrogens with zero attached hydrogens (tertiary/aromatic N) is 2. The van der Waals surface area contributed by atoms with Crippen molar-refractivity contribution >= 4 is 16.7 Å². The number of benzene rings is 1. The van der Waals surface area contributed by atoms with Crippen LogP contribution in [0.5, 0.6) is 5.88 Å². The van der Waals surface area contributed by atoms with Crippen molar-refractivity contribution in [2.75, 3.05) is 44.4 Å². The number of anilines is 1. The van der Waals surface area contributed by atoms with Crippen molar-refractivity contribution < 1.29 is 37.2 Å². The van der Waals surface area contributed by atoms with Gasteiger partial charge in [-0.1, -0.05) is 12.1 Å². The Hall–Kier alpha value is -2.86. The number of halogens is 3. The number of aliphatic hydroxyl groups is 1. The highest BCUT2D eigenvalue weighted by molar-refractivity contribution is 5.83. The lowest BCUT2D eigenvalue weighted by Crippen LogP contribution is -2.36. The third kappa shape index (κ3) is 4.22. The van der Waals surface area contributed by atoms with Gasteiger partial charge >= 0.3 is 6.18 Å². The number of aromatic nitrogens is 2. The third-order valence-corrected chi connectivity index (χ3v) is 6.66. The number of aliphatic hydroxyl groups excluding tert-OH is 1. The van der Waals surface area contributed by atoms with Gasteiger partial charge < -0.3 is 33.9 Å². The summed E-state index contributed by atoms with van der Waals surface area (Å²) >= 11 is 0. The van der Waals surface area contributed by atoms with Gasteiger partial charge in [0, 0.05) is 30.4 Å². The van der Waals surface area contributed by atoms with E-state index in [0.29, 0.717) is 24.3 Å². The number of morpholine rings is 1. The zero-order chi connectivity index (χ0) is 24.2. The molecule has 1 aromatic carbocycles. The summed E-state index contributed by atoms with van der Waals surface area (Å²) in [5, 5.41) is 9.90. The van der Waals surface area contributed by atoms with Crippen molar-refractivity contribution in [1.82, 2.24) is 9.97 Å². The minimum absolute atomic E-state index is 0.143. The van der Waals surface area contributed by atoms with E-state index in [-0.39, 0.29) is 30.3 Å². The lowest BCUT2D eigenvalue weighted by molar-refractivity contribution is -0.137. The van der Waals surface area contributed by atoms with E-state index in [9.17, 15) is 18.3 Å². The first-order chi connectivity index (χ1) is 16.9. The van der Waals surface area contributed by atoms with Gasteiger partial charge in [0.2, 0.25) is 0 Å². The number of hydrogen-bond donors (Lipinski definition) is 2. The monoisotopic (exact) mass is 491 g/mol. The maximum absolute atomic E-state index is 14.0. The molecule has 35 heavy (non-hydrogen) atoms. The van der Waals surface area contributed by atoms with E-state index in [1.54, 1.807) is 18.2 Å². The SMILES string of the molecule is O[C@@H]1CO[C@H]2[C@@H]1OC[C@H]2Oc1cc2nc(-c3ccc(N4CCOCC4)cc3)c(C(F)(F)F)cc2[nH]1. The number of hydrogen-bond acceptors (Lipinski definition) is 7. The number of ether oxygens (including phenoxy) is 4. The molecular weight excluding hydrogens is 467 g/mol. The van der Waals surface area contributed by atoms with Gasteiger partial charge in [-0.25, -0.2) is 4.98 Å². The van der Waals surface area contributed by atoms with E-state index in [1.807, 2.05) is 12.1 Å². The summed E-state index contributed by atoms with van der Waals surface area (Å²) < 4.78 is 64.4. The summed E-state index contributed by atoms with van der Waals surface area (Å²) in [4.78, 5) is 9.37. The number of rotatable bonds is 4. The molecule has 8 nitrogen and oxygen atoms in total. The lowest BCUT2D eigenvalue weighted by Gasteiger charge is -2.29. The van der Waals surface area contributed by atoms with Crippen LogP contribution in [0.4, 0.5) is 18.9 Å². The van der Waals surface area contributed by atoms with Gasteiger partial charge in [-0.2, -0.15) is 13.2 Å². The number of fused-ring (bicyclic) bond motifs is 2. The van der Waals surface area contributed by atoms with E-state index in [2.05, 4.69) is 14.9 Å². The van der Waals surface area contributed by atoms with Gasteiger partial charge in [0.15, 0.2) is 12.0 Å². The molecule has 6 rings (SSSR count). The van der Waals surface area contributed by atoms with Gasteiger partial charge in [-0.05, 0) is 18.2 Å². The molecule has 3 aromatic rings. The fourth-order valence-electron chi connectivity index (χ4n) is 4.89. The quantitative estimate of drug-likeness (QED) is 0.580. The molecule has 5 heterocycles. The minimum atomic E-state index is -4.59. The summed E-state index contributed by atoms with van der Waals surface area (Å²) in [5.41, 5.74) is 0.896. The molecule has 3 fully saturated rings. The number of nitrogens with one attached hydrogen (secondary N) is 1. The Bertz CT molecular complexity index is 1210.